The number of likely N-dealkylation sites (tertiary alicyclic amines) is 1. The number of hydrogen-bond donors (Lipinski definition) is 0. The summed E-state index contributed by atoms with van der Waals surface area (Å²) in [5.74, 6) is 1.22. The monoisotopic (exact) mass is 346 g/mol. The Kier molecular flexibility index (Phi) is 5.76. The molecule has 2 fully saturated rings. The van der Waals surface area contributed by atoms with Crippen LogP contribution >= 0.6 is 0 Å². The predicted molar refractivity (Wildman–Crippen MR) is 98.7 cm³/mol. The highest BCUT2D eigenvalue weighted by atomic mass is 16.2. The van der Waals surface area contributed by atoms with Gasteiger partial charge in [-0.3, -0.25) is 9.59 Å². The first-order chi connectivity index (χ1) is 12.1. The van der Waals surface area contributed by atoms with Crippen LogP contribution < -0.4 is 10.5 Å². The molecule has 3 rings (SSSR count). The van der Waals surface area contributed by atoms with E-state index in [1.54, 1.807) is 12.3 Å². The molecule has 0 N–H and O–H groups in total. The quantitative estimate of drug-likeness (QED) is 0.838. The van der Waals surface area contributed by atoms with E-state index in [2.05, 4.69) is 21.8 Å². The highest BCUT2D eigenvalue weighted by molar-refractivity contribution is 5.79. The van der Waals surface area contributed by atoms with E-state index in [1.807, 2.05) is 6.92 Å². The predicted octanol–water partition coefficient (Wildman–Crippen LogP) is 2.13. The average Bonchev–Trinajstić information content (AvgIpc) is 2.64. The molecule has 1 amide bonds. The van der Waals surface area contributed by atoms with Gasteiger partial charge in [0.1, 0.15) is 0 Å². The van der Waals surface area contributed by atoms with Crippen molar-refractivity contribution >= 4 is 11.6 Å². The van der Waals surface area contributed by atoms with Crippen molar-refractivity contribution in [3.05, 3.63) is 22.6 Å². The van der Waals surface area contributed by atoms with E-state index >= 15 is 0 Å². The van der Waals surface area contributed by atoms with Crippen LogP contribution in [0.5, 0.6) is 0 Å². The van der Waals surface area contributed by atoms with Gasteiger partial charge in [-0.05, 0) is 38.0 Å². The molecular weight excluding hydrogens is 316 g/mol. The zero-order valence-electron chi connectivity index (χ0n) is 15.5. The Balaban J connectivity index is 1.55. The molecule has 2 aliphatic heterocycles. The number of aromatic nitrogens is 2. The molecule has 1 aromatic heterocycles. The van der Waals surface area contributed by atoms with Gasteiger partial charge in [0.05, 0.1) is 11.9 Å². The highest BCUT2D eigenvalue weighted by Crippen LogP contribution is 2.25. The van der Waals surface area contributed by atoms with E-state index < -0.39 is 0 Å². The molecule has 0 saturated carbocycles. The van der Waals surface area contributed by atoms with Crippen LogP contribution in [0, 0.1) is 11.8 Å². The minimum atomic E-state index is -0.0417. The van der Waals surface area contributed by atoms with Gasteiger partial charge in [-0.25, -0.2) is 4.68 Å². The van der Waals surface area contributed by atoms with E-state index in [1.165, 1.54) is 4.68 Å². The maximum Gasteiger partial charge on any atom is 0.268 e. The second kappa shape index (κ2) is 8.02. The van der Waals surface area contributed by atoms with Crippen LogP contribution in [0.2, 0.25) is 0 Å². The van der Waals surface area contributed by atoms with Crippen molar-refractivity contribution in [1.82, 2.24) is 14.7 Å². The van der Waals surface area contributed by atoms with Gasteiger partial charge in [0.2, 0.25) is 5.91 Å². The Morgan fingerprint density at radius 3 is 2.44 bits per heavy atom. The molecule has 0 radical (unpaired) electrons. The summed E-state index contributed by atoms with van der Waals surface area (Å²) in [7, 11) is 0. The van der Waals surface area contributed by atoms with Crippen LogP contribution in [0.3, 0.4) is 0 Å². The van der Waals surface area contributed by atoms with Crippen LogP contribution in [-0.2, 0) is 11.3 Å². The first-order valence-corrected chi connectivity index (χ1v) is 9.69. The summed E-state index contributed by atoms with van der Waals surface area (Å²) >= 11 is 0. The minimum Gasteiger partial charge on any atom is -0.370 e. The zero-order chi connectivity index (χ0) is 17.8. The summed E-state index contributed by atoms with van der Waals surface area (Å²) in [5.41, 5.74) is 0.843. The van der Waals surface area contributed by atoms with Crippen LogP contribution in [0.1, 0.15) is 46.0 Å². The first-order valence-electron chi connectivity index (χ1n) is 9.69. The van der Waals surface area contributed by atoms with Crippen LogP contribution in [-0.4, -0.2) is 46.8 Å². The van der Waals surface area contributed by atoms with E-state index in [9.17, 15) is 9.59 Å². The fraction of sp³-hybridized carbons (Fsp3) is 0.737. The van der Waals surface area contributed by atoms with Gasteiger partial charge in [0.15, 0.2) is 0 Å². The Bertz CT molecular complexity index is 641. The van der Waals surface area contributed by atoms with Crippen molar-refractivity contribution in [3.8, 4) is 0 Å². The Hall–Kier alpha value is -1.85. The fourth-order valence-electron chi connectivity index (χ4n) is 3.85. The van der Waals surface area contributed by atoms with Gasteiger partial charge in [-0.1, -0.05) is 13.8 Å². The van der Waals surface area contributed by atoms with Gasteiger partial charge in [-0.15, -0.1) is 0 Å². The molecule has 0 spiro atoms. The summed E-state index contributed by atoms with van der Waals surface area (Å²) in [5, 5.41) is 4.27. The Morgan fingerprint density at radius 2 is 1.84 bits per heavy atom. The molecule has 138 valence electrons. The van der Waals surface area contributed by atoms with Crippen molar-refractivity contribution in [2.45, 2.75) is 52.5 Å². The van der Waals surface area contributed by atoms with Crippen LogP contribution in [0.4, 0.5) is 5.69 Å². The average molecular weight is 346 g/mol. The van der Waals surface area contributed by atoms with E-state index in [4.69, 9.17) is 0 Å². The Labute approximate surface area is 149 Å². The molecule has 0 unspecified atom stereocenters. The molecule has 0 aliphatic carbocycles. The van der Waals surface area contributed by atoms with E-state index in [-0.39, 0.29) is 11.5 Å². The van der Waals surface area contributed by atoms with Crippen molar-refractivity contribution < 1.29 is 4.79 Å². The van der Waals surface area contributed by atoms with Gasteiger partial charge in [-0.2, -0.15) is 5.10 Å². The lowest BCUT2D eigenvalue weighted by Gasteiger charge is -2.37. The summed E-state index contributed by atoms with van der Waals surface area (Å²) in [6.45, 7) is 8.43. The zero-order valence-corrected chi connectivity index (χ0v) is 15.5. The first kappa shape index (κ1) is 18.0. The second-order valence-corrected chi connectivity index (χ2v) is 7.54. The molecule has 3 heterocycles. The SMILES string of the molecule is CCCn1ncc(N2CCC(C(=O)N3CCC(C)CC3)CC2)cc1=O. The second-order valence-electron chi connectivity index (χ2n) is 7.54. The molecular formula is C19H30N4O2. The van der Waals surface area contributed by atoms with Crippen LogP contribution in [0.15, 0.2) is 17.1 Å². The summed E-state index contributed by atoms with van der Waals surface area (Å²) < 4.78 is 1.51. The third kappa shape index (κ3) is 4.22. The number of carbonyl (C=O) groups is 1. The van der Waals surface area contributed by atoms with E-state index in [0.29, 0.717) is 12.5 Å². The normalized spacial score (nSPS) is 20.1. The lowest BCUT2D eigenvalue weighted by atomic mass is 9.92. The van der Waals surface area contributed by atoms with Gasteiger partial charge < -0.3 is 9.80 Å². The Morgan fingerprint density at radius 1 is 1.16 bits per heavy atom. The van der Waals surface area contributed by atoms with Gasteiger partial charge in [0, 0.05) is 44.7 Å². The standard InChI is InChI=1S/C19H30N4O2/c1-3-8-23-18(24)13-17(14-20-23)21-11-6-16(7-12-21)19(25)22-9-4-15(2)5-10-22/h13-16H,3-12H2,1-2H3. The molecule has 0 atom stereocenters. The van der Waals surface area contributed by atoms with Crippen molar-refractivity contribution in [1.29, 1.82) is 0 Å². The third-order valence-corrected chi connectivity index (χ3v) is 5.60. The van der Waals surface area contributed by atoms with Crippen molar-refractivity contribution in [3.63, 3.8) is 0 Å². The number of nitrogens with zero attached hydrogens (tertiary/aromatic N) is 4. The molecule has 0 aromatic carbocycles. The van der Waals surface area contributed by atoms with Gasteiger partial charge >= 0.3 is 0 Å². The fourth-order valence-corrected chi connectivity index (χ4v) is 3.85. The smallest absolute Gasteiger partial charge is 0.268 e. The lowest BCUT2D eigenvalue weighted by Crippen LogP contribution is -2.45. The number of aryl methyl sites for hydroxylation is 1. The minimum absolute atomic E-state index is 0.0417. The topological polar surface area (TPSA) is 58.4 Å². The molecule has 25 heavy (non-hydrogen) atoms. The lowest BCUT2D eigenvalue weighted by molar-refractivity contribution is -0.137. The molecule has 2 saturated heterocycles. The summed E-state index contributed by atoms with van der Waals surface area (Å²) in [4.78, 5) is 29.1. The number of piperidine rings is 2. The summed E-state index contributed by atoms with van der Waals surface area (Å²) in [6.07, 6.45) is 6.67. The molecule has 0 bridgehead atoms. The largest absolute Gasteiger partial charge is 0.370 e. The number of hydrogen-bond acceptors (Lipinski definition) is 4. The third-order valence-electron chi connectivity index (χ3n) is 5.60. The molecule has 6 nitrogen and oxygen atoms in total. The highest BCUT2D eigenvalue weighted by Gasteiger charge is 2.30. The van der Waals surface area contributed by atoms with Gasteiger partial charge in [0.25, 0.3) is 5.56 Å². The number of anilines is 1. The van der Waals surface area contributed by atoms with Crippen molar-refractivity contribution in [2.75, 3.05) is 31.1 Å². The maximum atomic E-state index is 12.7. The molecule has 6 heteroatoms. The maximum absolute atomic E-state index is 12.7. The number of rotatable bonds is 4. The number of amides is 1. The molecule has 1 aromatic rings. The van der Waals surface area contributed by atoms with E-state index in [0.717, 1.165) is 69.9 Å². The molecule has 2 aliphatic rings. The summed E-state index contributed by atoms with van der Waals surface area (Å²) in [6, 6.07) is 1.68. The van der Waals surface area contributed by atoms with Crippen LogP contribution in [0.25, 0.3) is 0 Å². The number of carbonyl (C=O) groups excluding carboxylic acids is 1. The van der Waals surface area contributed by atoms with Crippen molar-refractivity contribution in [2.24, 2.45) is 11.8 Å².